The lowest BCUT2D eigenvalue weighted by Crippen LogP contribution is -2.26. The standard InChI is InChI=1S/C34H33ClF2N8/c1-20-24(21-8-12-39-13-9-21)6-5-7-25(20)31(28-18-45(44-43-28)34(10-11-34)32(36)37)42-27-15-23(35)14-26-29(41-19-33(2,3)4)22(16-38)17-40-30(26)27/h5-9,12-15,17-18,31-32,42H,10-11,19H2,1-4H3,(H,40,41)/t31-/m0/s1. The molecule has 0 saturated heterocycles. The third-order valence-corrected chi connectivity index (χ3v) is 8.48. The Hall–Kier alpha value is -4.62. The number of rotatable bonds is 9. The van der Waals surface area contributed by atoms with Crippen LogP contribution in [0.3, 0.4) is 0 Å². The number of nitrogens with one attached hydrogen (secondary N) is 2. The zero-order valence-electron chi connectivity index (χ0n) is 25.4. The van der Waals surface area contributed by atoms with E-state index < -0.39 is 18.0 Å². The predicted octanol–water partition coefficient (Wildman–Crippen LogP) is 8.14. The Balaban J connectivity index is 1.50. The van der Waals surface area contributed by atoms with Gasteiger partial charge in [-0.2, -0.15) is 5.26 Å². The van der Waals surface area contributed by atoms with Crippen molar-refractivity contribution < 1.29 is 8.78 Å². The number of hydrogen-bond donors (Lipinski definition) is 2. The second-order valence-corrected chi connectivity index (χ2v) is 13.2. The highest BCUT2D eigenvalue weighted by molar-refractivity contribution is 6.32. The van der Waals surface area contributed by atoms with E-state index in [1.54, 1.807) is 36.9 Å². The molecule has 1 aliphatic rings. The highest BCUT2D eigenvalue weighted by atomic mass is 35.5. The highest BCUT2D eigenvalue weighted by Gasteiger charge is 2.54. The van der Waals surface area contributed by atoms with E-state index in [1.807, 2.05) is 37.3 Å². The molecule has 1 saturated carbocycles. The lowest BCUT2D eigenvalue weighted by atomic mass is 9.92. The molecule has 3 heterocycles. The maximum atomic E-state index is 14.0. The predicted molar refractivity (Wildman–Crippen MR) is 173 cm³/mol. The van der Waals surface area contributed by atoms with Crippen molar-refractivity contribution >= 4 is 33.9 Å². The van der Waals surface area contributed by atoms with Crippen LogP contribution in [-0.2, 0) is 5.54 Å². The summed E-state index contributed by atoms with van der Waals surface area (Å²) in [7, 11) is 0. The molecule has 1 fully saturated rings. The van der Waals surface area contributed by atoms with E-state index >= 15 is 0 Å². The number of fused-ring (bicyclic) bond motifs is 1. The van der Waals surface area contributed by atoms with Gasteiger partial charge in [-0.05, 0) is 71.7 Å². The van der Waals surface area contributed by atoms with Crippen LogP contribution >= 0.6 is 11.6 Å². The number of benzene rings is 2. The van der Waals surface area contributed by atoms with Crippen molar-refractivity contribution in [2.75, 3.05) is 17.2 Å². The highest BCUT2D eigenvalue weighted by Crippen LogP contribution is 2.48. The van der Waals surface area contributed by atoms with Crippen molar-refractivity contribution in [2.24, 2.45) is 5.41 Å². The van der Waals surface area contributed by atoms with Gasteiger partial charge in [0.25, 0.3) is 6.43 Å². The number of nitrogens with zero attached hydrogens (tertiary/aromatic N) is 6. The van der Waals surface area contributed by atoms with Gasteiger partial charge in [-0.25, -0.2) is 13.5 Å². The summed E-state index contributed by atoms with van der Waals surface area (Å²) in [5.41, 5.74) is 5.21. The first-order valence-corrected chi connectivity index (χ1v) is 15.1. The molecule has 11 heteroatoms. The lowest BCUT2D eigenvalue weighted by molar-refractivity contribution is 0.0593. The van der Waals surface area contributed by atoms with Crippen LogP contribution < -0.4 is 10.6 Å². The van der Waals surface area contributed by atoms with Crippen LogP contribution in [0, 0.1) is 23.7 Å². The van der Waals surface area contributed by atoms with Crippen molar-refractivity contribution in [3.05, 3.63) is 94.7 Å². The number of halogens is 3. The number of nitriles is 1. The van der Waals surface area contributed by atoms with E-state index in [2.05, 4.69) is 57.8 Å². The minimum Gasteiger partial charge on any atom is -0.383 e. The number of hydrogen-bond acceptors (Lipinski definition) is 7. The quantitative estimate of drug-likeness (QED) is 0.170. The fourth-order valence-corrected chi connectivity index (χ4v) is 5.80. The summed E-state index contributed by atoms with van der Waals surface area (Å²) < 4.78 is 29.4. The van der Waals surface area contributed by atoms with Crippen LogP contribution in [0.4, 0.5) is 20.2 Å². The van der Waals surface area contributed by atoms with Crippen LogP contribution in [-0.4, -0.2) is 37.9 Å². The Morgan fingerprint density at radius 3 is 2.56 bits per heavy atom. The van der Waals surface area contributed by atoms with Gasteiger partial charge in [0, 0.05) is 35.5 Å². The maximum absolute atomic E-state index is 14.0. The summed E-state index contributed by atoms with van der Waals surface area (Å²) in [6.45, 7) is 8.96. The first kappa shape index (κ1) is 30.4. The van der Waals surface area contributed by atoms with E-state index in [-0.39, 0.29) is 5.41 Å². The summed E-state index contributed by atoms with van der Waals surface area (Å²) in [6.07, 6.45) is 4.78. The zero-order valence-corrected chi connectivity index (χ0v) is 26.2. The fourth-order valence-electron chi connectivity index (χ4n) is 5.59. The molecule has 0 radical (unpaired) electrons. The molecule has 6 rings (SSSR count). The number of pyridine rings is 2. The molecule has 0 bridgehead atoms. The van der Waals surface area contributed by atoms with E-state index in [0.29, 0.717) is 57.9 Å². The Kier molecular flexibility index (Phi) is 7.91. The van der Waals surface area contributed by atoms with Gasteiger partial charge in [0.1, 0.15) is 17.3 Å². The first-order chi connectivity index (χ1) is 21.5. The third kappa shape index (κ3) is 5.92. The molecule has 8 nitrogen and oxygen atoms in total. The molecule has 3 aromatic heterocycles. The van der Waals surface area contributed by atoms with Gasteiger partial charge in [0.2, 0.25) is 0 Å². The third-order valence-electron chi connectivity index (χ3n) is 8.26. The summed E-state index contributed by atoms with van der Waals surface area (Å²) >= 11 is 6.70. The molecular weight excluding hydrogens is 594 g/mol. The molecule has 0 spiro atoms. The monoisotopic (exact) mass is 626 g/mol. The van der Waals surface area contributed by atoms with Gasteiger partial charge >= 0.3 is 0 Å². The van der Waals surface area contributed by atoms with Gasteiger partial charge in [0.05, 0.1) is 34.7 Å². The molecule has 0 aliphatic heterocycles. The largest absolute Gasteiger partial charge is 0.383 e. The van der Waals surface area contributed by atoms with Crippen LogP contribution in [0.25, 0.3) is 22.0 Å². The zero-order chi connectivity index (χ0) is 31.9. The summed E-state index contributed by atoms with van der Waals surface area (Å²) in [5.74, 6) is 0. The second-order valence-electron chi connectivity index (χ2n) is 12.7. The van der Waals surface area contributed by atoms with Gasteiger partial charge in [-0.15, -0.1) is 5.10 Å². The molecule has 2 aromatic carbocycles. The lowest BCUT2D eigenvalue weighted by Gasteiger charge is -2.24. The molecule has 0 amide bonds. The molecule has 2 N–H and O–H groups in total. The number of alkyl halides is 2. The van der Waals surface area contributed by atoms with Crippen molar-refractivity contribution in [1.29, 1.82) is 5.26 Å². The fraction of sp³-hybridized carbons (Fsp3) is 0.324. The second kappa shape index (κ2) is 11.7. The van der Waals surface area contributed by atoms with Crippen LogP contribution in [0.15, 0.2) is 67.3 Å². The summed E-state index contributed by atoms with van der Waals surface area (Å²) in [4.78, 5) is 8.82. The summed E-state index contributed by atoms with van der Waals surface area (Å²) in [5, 5.41) is 26.7. The topological polar surface area (TPSA) is 104 Å². The Labute approximate surface area is 265 Å². The van der Waals surface area contributed by atoms with Crippen molar-refractivity contribution in [1.82, 2.24) is 25.0 Å². The number of anilines is 2. The Morgan fingerprint density at radius 2 is 1.89 bits per heavy atom. The van der Waals surface area contributed by atoms with E-state index in [1.165, 1.54) is 4.68 Å². The van der Waals surface area contributed by atoms with E-state index in [4.69, 9.17) is 11.6 Å². The molecule has 5 aromatic rings. The minimum absolute atomic E-state index is 0.0482. The van der Waals surface area contributed by atoms with Crippen molar-refractivity contribution in [3.8, 4) is 17.2 Å². The maximum Gasteiger partial charge on any atom is 0.263 e. The average Bonchev–Trinajstić information content (AvgIpc) is 3.69. The van der Waals surface area contributed by atoms with Crippen LogP contribution in [0.1, 0.15) is 62.0 Å². The first-order valence-electron chi connectivity index (χ1n) is 14.7. The minimum atomic E-state index is -2.55. The summed E-state index contributed by atoms with van der Waals surface area (Å²) in [6, 6.07) is 15.1. The van der Waals surface area contributed by atoms with Gasteiger partial charge in [-0.1, -0.05) is 55.8 Å². The van der Waals surface area contributed by atoms with Crippen molar-refractivity contribution in [2.45, 2.75) is 58.5 Å². The Bertz CT molecular complexity index is 1910. The van der Waals surface area contributed by atoms with Gasteiger partial charge in [0.15, 0.2) is 0 Å². The van der Waals surface area contributed by atoms with Gasteiger partial charge in [-0.3, -0.25) is 9.97 Å². The van der Waals surface area contributed by atoms with Crippen LogP contribution in [0.5, 0.6) is 0 Å². The number of aromatic nitrogens is 5. The molecule has 1 atom stereocenters. The smallest absolute Gasteiger partial charge is 0.263 e. The molecule has 230 valence electrons. The van der Waals surface area contributed by atoms with Crippen molar-refractivity contribution in [3.63, 3.8) is 0 Å². The van der Waals surface area contributed by atoms with Gasteiger partial charge < -0.3 is 10.6 Å². The van der Waals surface area contributed by atoms with Crippen LogP contribution in [0.2, 0.25) is 5.02 Å². The normalized spacial score (nSPS) is 14.7. The molecule has 1 aliphatic carbocycles. The average molecular weight is 627 g/mol. The van der Waals surface area contributed by atoms with E-state index in [0.717, 1.165) is 22.3 Å². The molecule has 0 unspecified atom stereocenters. The molecule has 45 heavy (non-hydrogen) atoms. The van der Waals surface area contributed by atoms with E-state index in [9.17, 15) is 14.0 Å². The SMILES string of the molecule is Cc1c(-c2ccncc2)cccc1[C@H](Nc1cc(Cl)cc2c(NCC(C)(C)C)c(C#N)cnc12)c1cn(C2(C(F)F)CC2)nn1. The Morgan fingerprint density at radius 1 is 1.13 bits per heavy atom. The molecular formula is C34H33ClF2N8.